The lowest BCUT2D eigenvalue weighted by atomic mass is 10.2. The number of nitrogens with zero attached hydrogens (tertiary/aromatic N) is 1. The van der Waals surface area contributed by atoms with Crippen LogP contribution in [0.25, 0.3) is 0 Å². The molecule has 0 bridgehead atoms. The van der Waals surface area contributed by atoms with Gasteiger partial charge >= 0.3 is 0 Å². The molecule has 1 heterocycles. The van der Waals surface area contributed by atoms with Gasteiger partial charge in [-0.15, -0.1) is 11.6 Å². The summed E-state index contributed by atoms with van der Waals surface area (Å²) in [6.07, 6.45) is -2.75. The quantitative estimate of drug-likeness (QED) is 0.592. The van der Waals surface area contributed by atoms with Gasteiger partial charge in [0.25, 0.3) is 6.43 Å². The predicted molar refractivity (Wildman–Crippen MR) is 46.4 cm³/mol. The molecule has 0 fully saturated rings. The van der Waals surface area contributed by atoms with E-state index >= 15 is 0 Å². The Kier molecular flexibility index (Phi) is 3.55. The molecular weight excluding hydrogens is 270 g/mol. The van der Waals surface area contributed by atoms with Crippen molar-refractivity contribution in [1.29, 1.82) is 0 Å². The summed E-state index contributed by atoms with van der Waals surface area (Å²) in [6, 6.07) is 0.736. The molecule has 1 nitrogen and oxygen atoms in total. The van der Waals surface area contributed by atoms with Crippen LogP contribution in [0.5, 0.6) is 0 Å². The van der Waals surface area contributed by atoms with Crippen molar-refractivity contribution in [3.05, 3.63) is 27.7 Å². The number of rotatable bonds is 2. The largest absolute Gasteiger partial charge is 0.266 e. The fraction of sp³-hybridized carbons (Fsp3) is 0.286. The van der Waals surface area contributed by atoms with Crippen molar-refractivity contribution in [2.75, 3.05) is 0 Å². The Labute approximate surface area is 86.0 Å². The Morgan fingerprint density at radius 2 is 2.15 bits per heavy atom. The zero-order chi connectivity index (χ0) is 10.0. The first-order valence-electron chi connectivity index (χ1n) is 3.25. The molecule has 13 heavy (non-hydrogen) atoms. The average molecular weight is 274 g/mol. The normalized spacial score (nSPS) is 10.9. The summed E-state index contributed by atoms with van der Waals surface area (Å²) >= 11 is 8.13. The molecule has 0 unspecified atom stereocenters. The standard InChI is InChI=1S/C7H4BrClF3N/c8-6-3(7(11)12)1-4(10)5(2-9)13-6/h1,7H,2H2. The Morgan fingerprint density at radius 1 is 1.54 bits per heavy atom. The zero-order valence-electron chi connectivity index (χ0n) is 6.20. The van der Waals surface area contributed by atoms with Crippen molar-refractivity contribution in [1.82, 2.24) is 4.98 Å². The van der Waals surface area contributed by atoms with E-state index in [-0.39, 0.29) is 16.2 Å². The van der Waals surface area contributed by atoms with Gasteiger partial charge in [0, 0.05) is 0 Å². The third-order valence-corrected chi connectivity index (χ3v) is 2.28. The Morgan fingerprint density at radius 3 is 2.62 bits per heavy atom. The summed E-state index contributed by atoms with van der Waals surface area (Å²) in [5.74, 6) is -0.956. The molecule has 1 aromatic rings. The van der Waals surface area contributed by atoms with Crippen LogP contribution in [0.15, 0.2) is 10.7 Å². The summed E-state index contributed by atoms with van der Waals surface area (Å²) in [5.41, 5.74) is -0.510. The summed E-state index contributed by atoms with van der Waals surface area (Å²) < 4.78 is 37.2. The summed E-state index contributed by atoms with van der Waals surface area (Å²) in [5, 5.41) is 0. The van der Waals surface area contributed by atoms with E-state index in [4.69, 9.17) is 11.6 Å². The van der Waals surface area contributed by atoms with Crippen LogP contribution < -0.4 is 0 Å². The lowest BCUT2D eigenvalue weighted by Crippen LogP contribution is -1.98. The van der Waals surface area contributed by atoms with Crippen LogP contribution in [0.1, 0.15) is 17.7 Å². The number of alkyl halides is 3. The Bertz CT molecular complexity index is 319. The molecule has 6 heteroatoms. The maximum atomic E-state index is 12.9. The minimum absolute atomic E-state index is 0.0436. The fourth-order valence-electron chi connectivity index (χ4n) is 0.763. The van der Waals surface area contributed by atoms with Crippen LogP contribution in [-0.4, -0.2) is 4.98 Å². The van der Waals surface area contributed by atoms with Crippen LogP contribution in [0, 0.1) is 5.82 Å². The van der Waals surface area contributed by atoms with Gasteiger partial charge in [0.1, 0.15) is 10.4 Å². The molecule has 0 spiro atoms. The van der Waals surface area contributed by atoms with Crippen LogP contribution in [-0.2, 0) is 5.88 Å². The maximum Gasteiger partial charge on any atom is 0.266 e. The van der Waals surface area contributed by atoms with Gasteiger partial charge < -0.3 is 0 Å². The van der Waals surface area contributed by atoms with E-state index in [0.29, 0.717) is 0 Å². The van der Waals surface area contributed by atoms with E-state index in [1.807, 2.05) is 0 Å². The van der Waals surface area contributed by atoms with Crippen LogP contribution in [0.4, 0.5) is 13.2 Å². The van der Waals surface area contributed by atoms with Gasteiger partial charge in [-0.1, -0.05) is 0 Å². The zero-order valence-corrected chi connectivity index (χ0v) is 8.54. The summed E-state index contributed by atoms with van der Waals surface area (Å²) in [7, 11) is 0. The lowest BCUT2D eigenvalue weighted by Gasteiger charge is -2.04. The van der Waals surface area contributed by atoms with Gasteiger partial charge in [-0.25, -0.2) is 18.2 Å². The lowest BCUT2D eigenvalue weighted by molar-refractivity contribution is 0.149. The van der Waals surface area contributed by atoms with Crippen molar-refractivity contribution < 1.29 is 13.2 Å². The molecule has 0 saturated carbocycles. The Balaban J connectivity index is 3.20. The minimum Gasteiger partial charge on any atom is -0.241 e. The predicted octanol–water partition coefficient (Wildman–Crippen LogP) is 3.66. The molecule has 0 aliphatic rings. The van der Waals surface area contributed by atoms with Crippen molar-refractivity contribution in [2.24, 2.45) is 0 Å². The molecule has 0 saturated heterocycles. The van der Waals surface area contributed by atoms with E-state index in [1.54, 1.807) is 0 Å². The first-order chi connectivity index (χ1) is 6.06. The van der Waals surface area contributed by atoms with E-state index < -0.39 is 17.8 Å². The van der Waals surface area contributed by atoms with Gasteiger partial charge in [0.15, 0.2) is 0 Å². The van der Waals surface area contributed by atoms with Gasteiger partial charge in [0.05, 0.1) is 17.1 Å². The summed E-state index contributed by atoms with van der Waals surface area (Å²) in [6.45, 7) is 0. The molecule has 0 amide bonds. The second-order valence-corrected chi connectivity index (χ2v) is 3.25. The molecule has 72 valence electrons. The van der Waals surface area contributed by atoms with Crippen molar-refractivity contribution in [2.45, 2.75) is 12.3 Å². The fourth-order valence-corrected chi connectivity index (χ4v) is 1.45. The number of hydrogen-bond donors (Lipinski definition) is 0. The molecule has 0 N–H and O–H groups in total. The highest BCUT2D eigenvalue weighted by atomic mass is 79.9. The molecule has 1 rings (SSSR count). The molecule has 1 aromatic heterocycles. The SMILES string of the molecule is Fc1cc(C(F)F)c(Br)nc1CCl. The minimum atomic E-state index is -2.75. The average Bonchev–Trinajstić information content (AvgIpc) is 2.07. The second-order valence-electron chi connectivity index (χ2n) is 2.23. The van der Waals surface area contributed by atoms with Crippen LogP contribution in [0.3, 0.4) is 0 Å². The first kappa shape index (κ1) is 10.8. The molecule has 0 aromatic carbocycles. The highest BCUT2D eigenvalue weighted by Gasteiger charge is 2.16. The second kappa shape index (κ2) is 4.28. The van der Waals surface area contributed by atoms with E-state index in [9.17, 15) is 13.2 Å². The van der Waals surface area contributed by atoms with Crippen LogP contribution in [0.2, 0.25) is 0 Å². The van der Waals surface area contributed by atoms with Crippen molar-refractivity contribution in [3.8, 4) is 0 Å². The molecule has 0 radical (unpaired) electrons. The monoisotopic (exact) mass is 273 g/mol. The van der Waals surface area contributed by atoms with Gasteiger partial charge in [-0.3, -0.25) is 0 Å². The van der Waals surface area contributed by atoms with Crippen molar-refractivity contribution in [3.63, 3.8) is 0 Å². The third-order valence-electron chi connectivity index (χ3n) is 1.39. The molecule has 0 atom stereocenters. The summed E-state index contributed by atoms with van der Waals surface area (Å²) in [4.78, 5) is 3.54. The molecular formula is C7H4BrClF3N. The number of pyridine rings is 1. The van der Waals surface area contributed by atoms with Crippen LogP contribution >= 0.6 is 27.5 Å². The van der Waals surface area contributed by atoms with Gasteiger partial charge in [-0.2, -0.15) is 0 Å². The van der Waals surface area contributed by atoms with Gasteiger partial charge in [-0.05, 0) is 22.0 Å². The molecule has 0 aliphatic heterocycles. The van der Waals surface area contributed by atoms with Gasteiger partial charge in [0.2, 0.25) is 0 Å². The topological polar surface area (TPSA) is 12.9 Å². The van der Waals surface area contributed by atoms with E-state index in [0.717, 1.165) is 6.07 Å². The smallest absolute Gasteiger partial charge is 0.241 e. The first-order valence-corrected chi connectivity index (χ1v) is 4.58. The van der Waals surface area contributed by atoms with E-state index in [1.165, 1.54) is 0 Å². The number of halogens is 5. The number of aromatic nitrogens is 1. The number of hydrogen-bond acceptors (Lipinski definition) is 1. The Hall–Kier alpha value is -0.290. The highest BCUT2D eigenvalue weighted by Crippen LogP contribution is 2.27. The highest BCUT2D eigenvalue weighted by molar-refractivity contribution is 9.10. The van der Waals surface area contributed by atoms with Crippen molar-refractivity contribution >= 4 is 27.5 Å². The third kappa shape index (κ3) is 2.34. The van der Waals surface area contributed by atoms with E-state index in [2.05, 4.69) is 20.9 Å². The maximum absolute atomic E-state index is 12.9. The molecule has 0 aliphatic carbocycles.